The largest absolute Gasteiger partial charge is 0.496 e. The van der Waals surface area contributed by atoms with Crippen molar-refractivity contribution < 1.29 is 9.53 Å². The lowest BCUT2D eigenvalue weighted by molar-refractivity contribution is 0.0619. The lowest BCUT2D eigenvalue weighted by Crippen LogP contribution is -2.57. The Labute approximate surface area is 136 Å². The van der Waals surface area contributed by atoms with Gasteiger partial charge in [0.1, 0.15) is 5.75 Å². The Morgan fingerprint density at radius 1 is 1.17 bits per heavy atom. The number of rotatable bonds is 3. The number of hydrogen-bond acceptors (Lipinski definition) is 3. The predicted octanol–water partition coefficient (Wildman–Crippen LogP) is 2.67. The molecule has 120 valence electrons. The molecular formula is C19H22N2O2. The van der Waals surface area contributed by atoms with E-state index in [1.54, 1.807) is 7.11 Å². The van der Waals surface area contributed by atoms with Crippen LogP contribution in [0, 0.1) is 5.92 Å². The molecule has 0 aliphatic carbocycles. The molecule has 1 N–H and O–H groups in total. The van der Waals surface area contributed by atoms with E-state index in [1.807, 2.05) is 36.4 Å². The number of hydrogen-bond donors (Lipinski definition) is 1. The van der Waals surface area contributed by atoms with Crippen LogP contribution in [0.2, 0.25) is 0 Å². The third kappa shape index (κ3) is 2.68. The summed E-state index contributed by atoms with van der Waals surface area (Å²) in [5.74, 6) is 1.24. The fourth-order valence-electron chi connectivity index (χ4n) is 3.94. The monoisotopic (exact) mass is 310 g/mol. The first-order valence-electron chi connectivity index (χ1n) is 8.34. The van der Waals surface area contributed by atoms with Crippen LogP contribution < -0.4 is 10.1 Å². The van der Waals surface area contributed by atoms with Gasteiger partial charge in [-0.1, -0.05) is 24.3 Å². The van der Waals surface area contributed by atoms with Crippen LogP contribution in [0.1, 0.15) is 23.2 Å². The first kappa shape index (κ1) is 14.5. The molecule has 3 fully saturated rings. The Morgan fingerprint density at radius 3 is 2.48 bits per heavy atom. The summed E-state index contributed by atoms with van der Waals surface area (Å²) >= 11 is 0. The standard InChI is InChI=1S/C19H22N2O2/c1-23-18-11-15-5-3-2-4-14(15)10-16(18)19(22)20-17-12-21-8-6-13(17)7-9-21/h2-5,10-11,13,17H,6-9,12H2,1H3,(H,20,22)/t17-/m0/s1. The molecular weight excluding hydrogens is 288 g/mol. The van der Waals surface area contributed by atoms with E-state index >= 15 is 0 Å². The van der Waals surface area contributed by atoms with Crippen molar-refractivity contribution in [2.75, 3.05) is 26.7 Å². The molecule has 2 bridgehead atoms. The van der Waals surface area contributed by atoms with Crippen molar-refractivity contribution >= 4 is 16.7 Å². The van der Waals surface area contributed by atoms with Gasteiger partial charge in [0.05, 0.1) is 12.7 Å². The van der Waals surface area contributed by atoms with E-state index in [0.29, 0.717) is 17.2 Å². The summed E-state index contributed by atoms with van der Waals surface area (Å²) in [7, 11) is 1.62. The van der Waals surface area contributed by atoms with Gasteiger partial charge in [0.2, 0.25) is 0 Å². The first-order valence-corrected chi connectivity index (χ1v) is 8.34. The van der Waals surface area contributed by atoms with Crippen LogP contribution in [0.15, 0.2) is 36.4 Å². The third-order valence-corrected chi connectivity index (χ3v) is 5.29. The highest BCUT2D eigenvalue weighted by Gasteiger charge is 2.35. The minimum Gasteiger partial charge on any atom is -0.496 e. The van der Waals surface area contributed by atoms with Crippen molar-refractivity contribution in [2.24, 2.45) is 5.92 Å². The average molecular weight is 310 g/mol. The van der Waals surface area contributed by atoms with Crippen LogP contribution >= 0.6 is 0 Å². The van der Waals surface area contributed by atoms with Gasteiger partial charge in [0.25, 0.3) is 5.91 Å². The maximum Gasteiger partial charge on any atom is 0.255 e. The van der Waals surface area contributed by atoms with E-state index in [-0.39, 0.29) is 11.9 Å². The number of nitrogens with zero attached hydrogens (tertiary/aromatic N) is 1. The second kappa shape index (κ2) is 5.85. The van der Waals surface area contributed by atoms with Crippen LogP contribution in [0.3, 0.4) is 0 Å². The number of carbonyl (C=O) groups is 1. The van der Waals surface area contributed by atoms with Gasteiger partial charge < -0.3 is 15.0 Å². The molecule has 1 amide bonds. The Hall–Kier alpha value is -2.07. The summed E-state index contributed by atoms with van der Waals surface area (Å²) in [5.41, 5.74) is 0.627. The Balaban J connectivity index is 1.61. The molecule has 2 aromatic carbocycles. The van der Waals surface area contributed by atoms with Gasteiger partial charge in [-0.05, 0) is 54.8 Å². The van der Waals surface area contributed by atoms with Crippen molar-refractivity contribution in [3.63, 3.8) is 0 Å². The number of methoxy groups -OCH3 is 1. The maximum atomic E-state index is 12.8. The van der Waals surface area contributed by atoms with Gasteiger partial charge in [0.15, 0.2) is 0 Å². The number of fused-ring (bicyclic) bond motifs is 4. The SMILES string of the molecule is COc1cc2ccccc2cc1C(=O)N[C@H]1CN2CCC1CC2. The fraction of sp³-hybridized carbons (Fsp3) is 0.421. The number of ether oxygens (including phenoxy) is 1. The smallest absolute Gasteiger partial charge is 0.255 e. The van der Waals surface area contributed by atoms with Crippen molar-refractivity contribution in [2.45, 2.75) is 18.9 Å². The number of benzene rings is 2. The van der Waals surface area contributed by atoms with Gasteiger partial charge in [0, 0.05) is 12.6 Å². The van der Waals surface area contributed by atoms with Gasteiger partial charge in [-0.25, -0.2) is 0 Å². The molecule has 3 saturated heterocycles. The molecule has 1 atom stereocenters. The number of piperidine rings is 3. The molecule has 3 aliphatic heterocycles. The molecule has 4 nitrogen and oxygen atoms in total. The quantitative estimate of drug-likeness (QED) is 0.947. The summed E-state index contributed by atoms with van der Waals surface area (Å²) in [6, 6.07) is 12.2. The van der Waals surface area contributed by atoms with E-state index in [4.69, 9.17) is 4.74 Å². The molecule has 5 rings (SSSR count). The molecule has 0 unspecified atom stereocenters. The Bertz CT molecular complexity index is 735. The Morgan fingerprint density at radius 2 is 1.87 bits per heavy atom. The molecule has 0 saturated carbocycles. The summed E-state index contributed by atoms with van der Waals surface area (Å²) in [4.78, 5) is 15.2. The minimum absolute atomic E-state index is 0.0219. The predicted molar refractivity (Wildman–Crippen MR) is 90.9 cm³/mol. The summed E-state index contributed by atoms with van der Waals surface area (Å²) in [6.45, 7) is 3.33. The van der Waals surface area contributed by atoms with Gasteiger partial charge in [-0.2, -0.15) is 0 Å². The van der Waals surface area contributed by atoms with Crippen LogP contribution in [-0.2, 0) is 0 Å². The highest BCUT2D eigenvalue weighted by molar-refractivity contribution is 6.01. The molecule has 2 aromatic rings. The van der Waals surface area contributed by atoms with Crippen molar-refractivity contribution in [1.82, 2.24) is 10.2 Å². The van der Waals surface area contributed by atoms with E-state index in [0.717, 1.165) is 17.3 Å². The van der Waals surface area contributed by atoms with E-state index in [2.05, 4.69) is 10.2 Å². The Kier molecular flexibility index (Phi) is 3.69. The van der Waals surface area contributed by atoms with Gasteiger partial charge in [-0.3, -0.25) is 4.79 Å². The van der Waals surface area contributed by atoms with Crippen molar-refractivity contribution in [1.29, 1.82) is 0 Å². The molecule has 0 spiro atoms. The van der Waals surface area contributed by atoms with Crippen LogP contribution in [0.25, 0.3) is 10.8 Å². The second-order valence-corrected chi connectivity index (χ2v) is 6.62. The topological polar surface area (TPSA) is 41.6 Å². The van der Waals surface area contributed by atoms with Crippen LogP contribution in [0.5, 0.6) is 5.75 Å². The molecule has 3 heterocycles. The highest BCUT2D eigenvalue weighted by atomic mass is 16.5. The van der Waals surface area contributed by atoms with E-state index < -0.39 is 0 Å². The average Bonchev–Trinajstić information content (AvgIpc) is 2.61. The maximum absolute atomic E-state index is 12.8. The second-order valence-electron chi connectivity index (χ2n) is 6.62. The minimum atomic E-state index is -0.0219. The third-order valence-electron chi connectivity index (χ3n) is 5.29. The molecule has 23 heavy (non-hydrogen) atoms. The summed E-state index contributed by atoms with van der Waals surface area (Å²) in [6.07, 6.45) is 2.39. The van der Waals surface area contributed by atoms with Crippen LogP contribution in [-0.4, -0.2) is 43.6 Å². The number of nitrogens with one attached hydrogen (secondary N) is 1. The zero-order chi connectivity index (χ0) is 15.8. The van der Waals surface area contributed by atoms with Crippen LogP contribution in [0.4, 0.5) is 0 Å². The number of amides is 1. The van der Waals surface area contributed by atoms with E-state index in [1.165, 1.54) is 25.9 Å². The lowest BCUT2D eigenvalue weighted by atomic mass is 9.84. The normalized spacial score (nSPS) is 26.2. The first-order chi connectivity index (χ1) is 11.2. The van der Waals surface area contributed by atoms with E-state index in [9.17, 15) is 4.79 Å². The van der Waals surface area contributed by atoms with Crippen molar-refractivity contribution in [3.8, 4) is 5.75 Å². The molecule has 0 aromatic heterocycles. The molecule has 3 aliphatic rings. The zero-order valence-corrected chi connectivity index (χ0v) is 13.4. The number of carbonyl (C=O) groups excluding carboxylic acids is 1. The fourth-order valence-corrected chi connectivity index (χ4v) is 3.94. The van der Waals surface area contributed by atoms with Gasteiger partial charge >= 0.3 is 0 Å². The van der Waals surface area contributed by atoms with Gasteiger partial charge in [-0.15, -0.1) is 0 Å². The summed E-state index contributed by atoms with van der Waals surface area (Å²) in [5, 5.41) is 5.39. The van der Waals surface area contributed by atoms with Crippen molar-refractivity contribution in [3.05, 3.63) is 42.0 Å². The summed E-state index contributed by atoms with van der Waals surface area (Å²) < 4.78 is 5.45. The lowest BCUT2D eigenvalue weighted by Gasteiger charge is -2.44. The zero-order valence-electron chi connectivity index (χ0n) is 13.4. The highest BCUT2D eigenvalue weighted by Crippen LogP contribution is 2.29. The molecule has 0 radical (unpaired) electrons. The molecule has 4 heteroatoms.